The van der Waals surface area contributed by atoms with Gasteiger partial charge in [0.2, 0.25) is 0 Å². The van der Waals surface area contributed by atoms with E-state index >= 15 is 0 Å². The largest absolute Gasteiger partial charge is 0.462 e. The van der Waals surface area contributed by atoms with Gasteiger partial charge in [-0.1, -0.05) is 273 Å². The summed E-state index contributed by atoms with van der Waals surface area (Å²) in [6.45, 7) is 6.46. The lowest BCUT2D eigenvalue weighted by molar-refractivity contribution is -0.167. The highest BCUT2D eigenvalue weighted by Gasteiger charge is 2.19. The molecular formula is C63H110O6. The second-order valence-corrected chi connectivity index (χ2v) is 19.5. The molecule has 1 unspecified atom stereocenters. The van der Waals surface area contributed by atoms with E-state index in [-0.39, 0.29) is 31.1 Å². The van der Waals surface area contributed by atoms with Crippen molar-refractivity contribution in [3.05, 3.63) is 72.9 Å². The van der Waals surface area contributed by atoms with Crippen LogP contribution >= 0.6 is 0 Å². The summed E-state index contributed by atoms with van der Waals surface area (Å²) in [5.74, 6) is -0.878. The molecule has 6 nitrogen and oxygen atoms in total. The van der Waals surface area contributed by atoms with Gasteiger partial charge in [-0.2, -0.15) is 0 Å². The van der Waals surface area contributed by atoms with E-state index in [9.17, 15) is 14.4 Å². The van der Waals surface area contributed by atoms with Crippen LogP contribution in [0.5, 0.6) is 0 Å². The van der Waals surface area contributed by atoms with Crippen LogP contribution in [-0.2, 0) is 28.6 Å². The first-order valence-corrected chi connectivity index (χ1v) is 29.4. The maximum absolute atomic E-state index is 12.8. The van der Waals surface area contributed by atoms with E-state index in [1.807, 2.05) is 0 Å². The van der Waals surface area contributed by atoms with E-state index in [0.29, 0.717) is 19.3 Å². The van der Waals surface area contributed by atoms with Crippen LogP contribution in [0.3, 0.4) is 0 Å². The van der Waals surface area contributed by atoms with Crippen molar-refractivity contribution in [2.45, 2.75) is 297 Å². The van der Waals surface area contributed by atoms with Gasteiger partial charge in [0.15, 0.2) is 6.10 Å². The number of hydrogen-bond acceptors (Lipinski definition) is 6. The van der Waals surface area contributed by atoms with Gasteiger partial charge in [-0.05, 0) is 70.6 Å². The van der Waals surface area contributed by atoms with E-state index in [2.05, 4.69) is 93.7 Å². The van der Waals surface area contributed by atoms with Gasteiger partial charge in [0, 0.05) is 19.3 Å². The lowest BCUT2D eigenvalue weighted by atomic mass is 10.0. The molecule has 0 heterocycles. The van der Waals surface area contributed by atoms with Crippen LogP contribution in [0.1, 0.15) is 290 Å². The molecule has 0 saturated heterocycles. The fourth-order valence-corrected chi connectivity index (χ4v) is 8.33. The summed E-state index contributed by atoms with van der Waals surface area (Å²) in [5, 5.41) is 0. The summed E-state index contributed by atoms with van der Waals surface area (Å²) in [4.78, 5) is 37.8. The summed E-state index contributed by atoms with van der Waals surface area (Å²) in [6.07, 6.45) is 73.8. The standard InChI is InChI=1S/C63H110O6/c1-4-7-10-13-15-17-19-21-23-24-25-26-27-28-29-30-31-32-33-34-35-36-37-38-40-41-43-45-47-50-53-56-62(65)68-59-60(58-67-61(64)55-52-49-12-9-6-3)69-63(66)57-54-51-48-46-44-42-39-22-20-18-16-14-11-8-5-2/h7,10,15,17,21,23,25-26,28-29,31-32,60H,4-6,8-9,11-14,16,18-20,22,24,27,30,33-59H2,1-3H3/b10-7-,17-15-,23-21-,26-25-,29-28-,32-31-. The second-order valence-electron chi connectivity index (χ2n) is 19.5. The minimum atomic E-state index is -0.768. The molecule has 0 aromatic heterocycles. The normalized spacial score (nSPS) is 12.6. The van der Waals surface area contributed by atoms with Crippen LogP contribution in [0.15, 0.2) is 72.9 Å². The molecule has 0 aromatic rings. The Morgan fingerprint density at radius 1 is 0.304 bits per heavy atom. The third kappa shape index (κ3) is 55.6. The Kier molecular flexibility index (Phi) is 54.8. The predicted octanol–water partition coefficient (Wildman–Crippen LogP) is 19.8. The van der Waals surface area contributed by atoms with Crippen LogP contribution in [-0.4, -0.2) is 37.2 Å². The van der Waals surface area contributed by atoms with Crippen molar-refractivity contribution < 1.29 is 28.6 Å². The highest BCUT2D eigenvalue weighted by atomic mass is 16.6. The van der Waals surface area contributed by atoms with Crippen LogP contribution < -0.4 is 0 Å². The van der Waals surface area contributed by atoms with Crippen molar-refractivity contribution in [1.82, 2.24) is 0 Å². The number of unbranched alkanes of at least 4 members (excludes halogenated alkanes) is 30. The maximum atomic E-state index is 12.8. The van der Waals surface area contributed by atoms with Crippen LogP contribution in [0, 0.1) is 0 Å². The highest BCUT2D eigenvalue weighted by molar-refractivity contribution is 5.71. The smallest absolute Gasteiger partial charge is 0.306 e. The summed E-state index contributed by atoms with van der Waals surface area (Å²) in [7, 11) is 0. The van der Waals surface area contributed by atoms with E-state index in [1.54, 1.807) is 0 Å². The highest BCUT2D eigenvalue weighted by Crippen LogP contribution is 2.16. The minimum Gasteiger partial charge on any atom is -0.462 e. The topological polar surface area (TPSA) is 78.9 Å². The quantitative estimate of drug-likeness (QED) is 0.0262. The Labute approximate surface area is 427 Å². The number of ether oxygens (including phenoxy) is 3. The fraction of sp³-hybridized carbons (Fsp3) is 0.762. The van der Waals surface area contributed by atoms with E-state index in [4.69, 9.17) is 14.2 Å². The van der Waals surface area contributed by atoms with Crippen LogP contribution in [0.4, 0.5) is 0 Å². The molecule has 6 heteroatoms. The zero-order chi connectivity index (χ0) is 50.0. The summed E-state index contributed by atoms with van der Waals surface area (Å²) in [5.41, 5.74) is 0. The van der Waals surface area contributed by atoms with E-state index in [1.165, 1.54) is 148 Å². The molecule has 1 atom stereocenters. The Balaban J connectivity index is 4.00. The first kappa shape index (κ1) is 65.8. The van der Waals surface area contributed by atoms with Gasteiger partial charge >= 0.3 is 17.9 Å². The molecule has 0 aliphatic carbocycles. The molecule has 0 fully saturated rings. The van der Waals surface area contributed by atoms with E-state index < -0.39 is 6.10 Å². The average molecular weight is 964 g/mol. The fourth-order valence-electron chi connectivity index (χ4n) is 8.33. The molecule has 0 rings (SSSR count). The monoisotopic (exact) mass is 963 g/mol. The number of allylic oxidation sites excluding steroid dienone is 12. The molecule has 0 aliphatic heterocycles. The van der Waals surface area contributed by atoms with Crippen molar-refractivity contribution >= 4 is 17.9 Å². The Morgan fingerprint density at radius 2 is 0.565 bits per heavy atom. The van der Waals surface area contributed by atoms with Crippen molar-refractivity contribution in [1.29, 1.82) is 0 Å². The van der Waals surface area contributed by atoms with Crippen LogP contribution in [0.2, 0.25) is 0 Å². The second kappa shape index (κ2) is 57.4. The van der Waals surface area contributed by atoms with Crippen molar-refractivity contribution in [3.63, 3.8) is 0 Å². The molecule has 0 N–H and O–H groups in total. The Hall–Kier alpha value is -3.15. The Bertz CT molecular complexity index is 1290. The van der Waals surface area contributed by atoms with E-state index in [0.717, 1.165) is 103 Å². The predicted molar refractivity (Wildman–Crippen MR) is 298 cm³/mol. The summed E-state index contributed by atoms with van der Waals surface area (Å²) >= 11 is 0. The molecule has 0 radical (unpaired) electrons. The lowest BCUT2D eigenvalue weighted by Crippen LogP contribution is -2.30. The van der Waals surface area contributed by atoms with Crippen LogP contribution in [0.25, 0.3) is 0 Å². The third-order valence-electron chi connectivity index (χ3n) is 12.7. The number of hydrogen-bond donors (Lipinski definition) is 0. The molecule has 0 saturated carbocycles. The van der Waals surface area contributed by atoms with Gasteiger partial charge in [-0.15, -0.1) is 0 Å². The first-order chi connectivity index (χ1) is 34.0. The average Bonchev–Trinajstić information content (AvgIpc) is 3.35. The number of carbonyl (C=O) groups is 3. The maximum Gasteiger partial charge on any atom is 0.306 e. The van der Waals surface area contributed by atoms with Crippen molar-refractivity contribution in [2.75, 3.05) is 13.2 Å². The molecule has 0 spiro atoms. The first-order valence-electron chi connectivity index (χ1n) is 29.4. The van der Waals surface area contributed by atoms with Gasteiger partial charge in [-0.25, -0.2) is 0 Å². The Morgan fingerprint density at radius 3 is 0.884 bits per heavy atom. The molecular weight excluding hydrogens is 853 g/mol. The SMILES string of the molecule is CC/C=C\C/C=C\C/C=C\C/C=C\C/C=C\C/C=C\CCCCCCCCCCCCCCC(=O)OCC(COC(=O)CCCCCCC)OC(=O)CCCCCCCCCCCCCCCCC. The number of esters is 3. The van der Waals surface area contributed by atoms with Gasteiger partial charge in [0.1, 0.15) is 13.2 Å². The minimum absolute atomic E-state index is 0.0727. The molecule has 69 heavy (non-hydrogen) atoms. The van der Waals surface area contributed by atoms with Crippen molar-refractivity contribution in [3.8, 4) is 0 Å². The number of rotatable bonds is 53. The lowest BCUT2D eigenvalue weighted by Gasteiger charge is -2.18. The molecule has 0 bridgehead atoms. The van der Waals surface area contributed by atoms with Crippen molar-refractivity contribution in [2.24, 2.45) is 0 Å². The summed E-state index contributed by atoms with van der Waals surface area (Å²) in [6, 6.07) is 0. The zero-order valence-corrected chi connectivity index (χ0v) is 45.6. The van der Waals surface area contributed by atoms with Gasteiger partial charge in [-0.3, -0.25) is 14.4 Å². The van der Waals surface area contributed by atoms with Gasteiger partial charge in [0.05, 0.1) is 0 Å². The molecule has 0 amide bonds. The van der Waals surface area contributed by atoms with Gasteiger partial charge < -0.3 is 14.2 Å². The molecule has 0 aromatic carbocycles. The molecule has 398 valence electrons. The van der Waals surface area contributed by atoms with Gasteiger partial charge in [0.25, 0.3) is 0 Å². The number of carbonyl (C=O) groups excluding carboxylic acids is 3. The molecule has 0 aliphatic rings. The third-order valence-corrected chi connectivity index (χ3v) is 12.7. The summed E-state index contributed by atoms with van der Waals surface area (Å²) < 4.78 is 16.7. The zero-order valence-electron chi connectivity index (χ0n) is 45.6.